The van der Waals surface area contributed by atoms with Gasteiger partial charge in [-0.25, -0.2) is 0 Å². The number of rotatable bonds is 12. The number of amides is 1. The van der Waals surface area contributed by atoms with E-state index in [0.29, 0.717) is 30.0 Å². The Morgan fingerprint density at radius 1 is 0.833 bits per heavy atom. The fourth-order valence-electron chi connectivity index (χ4n) is 3.74. The summed E-state index contributed by atoms with van der Waals surface area (Å²) in [6.07, 6.45) is 0.701. The molecule has 0 aliphatic rings. The largest absolute Gasteiger partial charge is 0.492 e. The van der Waals surface area contributed by atoms with Crippen LogP contribution in [0.2, 0.25) is 0 Å². The first kappa shape index (κ1) is 27.0. The number of aryl methyl sites for hydroxylation is 1. The van der Waals surface area contributed by atoms with Gasteiger partial charge >= 0.3 is 0 Å². The van der Waals surface area contributed by atoms with Gasteiger partial charge in [0, 0.05) is 19.3 Å². The van der Waals surface area contributed by atoms with Crippen LogP contribution in [0.25, 0.3) is 11.1 Å². The van der Waals surface area contributed by atoms with Gasteiger partial charge in [-0.1, -0.05) is 48.9 Å². The standard InChI is InChI=1S/C30H36N2O4/c1-6-28(23-9-7-22(2)8-10-23)29(24-11-15-27(16-12-24)36-21-34-5)30(33)31-25-13-17-26(18-14-25)35-20-19-32(3)4/h7-18H,6,19-21H2,1-5H3,(H,31,33)/b29-28-. The van der Waals surface area contributed by atoms with Gasteiger partial charge in [0.25, 0.3) is 5.91 Å². The predicted octanol–water partition coefficient (Wildman–Crippen LogP) is 5.88. The number of nitrogens with zero attached hydrogens (tertiary/aromatic N) is 1. The highest BCUT2D eigenvalue weighted by Gasteiger charge is 2.19. The number of anilines is 1. The van der Waals surface area contributed by atoms with Gasteiger partial charge in [0.1, 0.15) is 18.1 Å². The molecule has 1 amide bonds. The summed E-state index contributed by atoms with van der Waals surface area (Å²) >= 11 is 0. The zero-order chi connectivity index (χ0) is 25.9. The maximum absolute atomic E-state index is 13.7. The number of ether oxygens (including phenoxy) is 3. The molecule has 0 fully saturated rings. The lowest BCUT2D eigenvalue weighted by Crippen LogP contribution is -2.19. The monoisotopic (exact) mass is 488 g/mol. The number of likely N-dealkylation sites (N-methyl/N-ethyl adjacent to an activating group) is 1. The van der Waals surface area contributed by atoms with Crippen molar-refractivity contribution in [2.75, 3.05) is 46.5 Å². The van der Waals surface area contributed by atoms with Gasteiger partial charge in [-0.2, -0.15) is 0 Å². The van der Waals surface area contributed by atoms with E-state index in [2.05, 4.69) is 48.3 Å². The van der Waals surface area contributed by atoms with Crippen LogP contribution in [0, 0.1) is 6.92 Å². The molecule has 6 heteroatoms. The summed E-state index contributed by atoms with van der Waals surface area (Å²) in [7, 11) is 5.60. The summed E-state index contributed by atoms with van der Waals surface area (Å²) in [5, 5.41) is 3.08. The first-order valence-corrected chi connectivity index (χ1v) is 12.1. The van der Waals surface area contributed by atoms with Crippen LogP contribution in [-0.2, 0) is 9.53 Å². The first-order valence-electron chi connectivity index (χ1n) is 12.1. The third-order valence-electron chi connectivity index (χ3n) is 5.69. The number of hydrogen-bond donors (Lipinski definition) is 1. The van der Waals surface area contributed by atoms with Gasteiger partial charge in [-0.05, 0) is 80.5 Å². The van der Waals surface area contributed by atoms with Crippen LogP contribution in [0.15, 0.2) is 72.8 Å². The smallest absolute Gasteiger partial charge is 0.256 e. The third-order valence-corrected chi connectivity index (χ3v) is 5.69. The highest BCUT2D eigenvalue weighted by molar-refractivity contribution is 6.31. The van der Waals surface area contributed by atoms with Crippen molar-refractivity contribution in [2.45, 2.75) is 20.3 Å². The molecule has 190 valence electrons. The van der Waals surface area contributed by atoms with E-state index in [4.69, 9.17) is 14.2 Å². The summed E-state index contributed by atoms with van der Waals surface area (Å²) in [5.74, 6) is 1.28. The molecule has 0 saturated heterocycles. The zero-order valence-electron chi connectivity index (χ0n) is 21.8. The second-order valence-electron chi connectivity index (χ2n) is 8.78. The van der Waals surface area contributed by atoms with Crippen LogP contribution < -0.4 is 14.8 Å². The number of carbonyl (C=O) groups excluding carboxylic acids is 1. The predicted molar refractivity (Wildman–Crippen MR) is 146 cm³/mol. The molecule has 0 aromatic heterocycles. The molecule has 3 rings (SSSR count). The Morgan fingerprint density at radius 3 is 2.00 bits per heavy atom. The number of benzene rings is 3. The van der Waals surface area contributed by atoms with E-state index in [-0.39, 0.29) is 12.7 Å². The summed E-state index contributed by atoms with van der Waals surface area (Å²) in [6, 6.07) is 23.3. The fraction of sp³-hybridized carbons (Fsp3) is 0.300. The van der Waals surface area contributed by atoms with Crippen LogP contribution in [-0.4, -0.2) is 52.0 Å². The van der Waals surface area contributed by atoms with Gasteiger partial charge in [0.15, 0.2) is 6.79 Å². The molecule has 0 aliphatic carbocycles. The van der Waals surface area contributed by atoms with Gasteiger partial charge in [-0.15, -0.1) is 0 Å². The maximum atomic E-state index is 13.7. The number of carbonyl (C=O) groups is 1. The van der Waals surface area contributed by atoms with E-state index in [9.17, 15) is 4.79 Å². The molecule has 6 nitrogen and oxygen atoms in total. The fourth-order valence-corrected chi connectivity index (χ4v) is 3.74. The molecule has 0 heterocycles. The lowest BCUT2D eigenvalue weighted by Gasteiger charge is -2.17. The molecule has 0 saturated carbocycles. The molecule has 0 bridgehead atoms. The first-order chi connectivity index (χ1) is 17.4. The minimum Gasteiger partial charge on any atom is -0.492 e. The molecule has 0 unspecified atom stereocenters. The molecule has 0 aliphatic heterocycles. The molecule has 3 aromatic rings. The Hall–Kier alpha value is -3.61. The van der Waals surface area contributed by atoms with Gasteiger partial charge in [0.05, 0.1) is 5.57 Å². The van der Waals surface area contributed by atoms with Crippen molar-refractivity contribution in [2.24, 2.45) is 0 Å². The highest BCUT2D eigenvalue weighted by atomic mass is 16.7. The Balaban J connectivity index is 1.90. The van der Waals surface area contributed by atoms with Crippen molar-refractivity contribution >= 4 is 22.7 Å². The highest BCUT2D eigenvalue weighted by Crippen LogP contribution is 2.31. The van der Waals surface area contributed by atoms with Crippen molar-refractivity contribution in [1.29, 1.82) is 0 Å². The molecule has 1 N–H and O–H groups in total. The maximum Gasteiger partial charge on any atom is 0.256 e. The minimum atomic E-state index is -0.167. The van der Waals surface area contributed by atoms with E-state index >= 15 is 0 Å². The number of hydrogen-bond acceptors (Lipinski definition) is 5. The van der Waals surface area contributed by atoms with Crippen molar-refractivity contribution in [1.82, 2.24) is 4.90 Å². The van der Waals surface area contributed by atoms with Crippen molar-refractivity contribution in [3.05, 3.63) is 89.5 Å². The molecule has 36 heavy (non-hydrogen) atoms. The van der Waals surface area contributed by atoms with Crippen LogP contribution in [0.3, 0.4) is 0 Å². The second-order valence-corrected chi connectivity index (χ2v) is 8.78. The summed E-state index contributed by atoms with van der Waals surface area (Å²) in [6.45, 7) is 5.73. The Morgan fingerprint density at radius 2 is 1.42 bits per heavy atom. The number of allylic oxidation sites excluding steroid dienone is 1. The van der Waals surface area contributed by atoms with Gasteiger partial charge in [0.2, 0.25) is 0 Å². The Labute approximate surface area is 214 Å². The van der Waals surface area contributed by atoms with Crippen molar-refractivity contribution in [3.63, 3.8) is 0 Å². The lowest BCUT2D eigenvalue weighted by molar-refractivity contribution is -0.111. The minimum absolute atomic E-state index is 0.167. The molecule has 3 aromatic carbocycles. The zero-order valence-corrected chi connectivity index (χ0v) is 21.8. The van der Waals surface area contributed by atoms with Crippen molar-refractivity contribution in [3.8, 4) is 11.5 Å². The molecule has 0 spiro atoms. The normalized spacial score (nSPS) is 11.7. The molecule has 0 radical (unpaired) electrons. The van der Waals surface area contributed by atoms with Crippen LogP contribution >= 0.6 is 0 Å². The third kappa shape index (κ3) is 7.70. The van der Waals surface area contributed by atoms with Crippen molar-refractivity contribution < 1.29 is 19.0 Å². The van der Waals surface area contributed by atoms with Crippen LogP contribution in [0.5, 0.6) is 11.5 Å². The van der Waals surface area contributed by atoms with Gasteiger partial charge in [-0.3, -0.25) is 4.79 Å². The summed E-state index contributed by atoms with van der Waals surface area (Å²) in [4.78, 5) is 15.8. The molecular formula is C30H36N2O4. The molecular weight excluding hydrogens is 452 g/mol. The van der Waals surface area contributed by atoms with E-state index in [1.807, 2.05) is 62.6 Å². The van der Waals surface area contributed by atoms with Crippen LogP contribution in [0.1, 0.15) is 30.0 Å². The topological polar surface area (TPSA) is 60.0 Å². The molecule has 0 atom stereocenters. The lowest BCUT2D eigenvalue weighted by atomic mass is 9.91. The van der Waals surface area contributed by atoms with E-state index in [0.717, 1.165) is 29.0 Å². The quantitative estimate of drug-likeness (QED) is 0.196. The SMILES string of the molecule is CC/C(=C(/C(=O)Nc1ccc(OCCN(C)C)cc1)c1ccc(OCOC)cc1)c1ccc(C)cc1. The summed E-state index contributed by atoms with van der Waals surface area (Å²) in [5.41, 5.74) is 5.33. The van der Waals surface area contributed by atoms with E-state index in [1.165, 1.54) is 5.56 Å². The average molecular weight is 489 g/mol. The van der Waals surface area contributed by atoms with Gasteiger partial charge < -0.3 is 24.4 Å². The number of nitrogens with one attached hydrogen (secondary N) is 1. The second kappa shape index (κ2) is 13.5. The Bertz CT molecular complexity index is 1140. The van der Waals surface area contributed by atoms with Crippen LogP contribution in [0.4, 0.5) is 5.69 Å². The van der Waals surface area contributed by atoms with E-state index in [1.54, 1.807) is 7.11 Å². The average Bonchev–Trinajstić information content (AvgIpc) is 2.88. The summed E-state index contributed by atoms with van der Waals surface area (Å²) < 4.78 is 16.3. The number of methoxy groups -OCH3 is 1. The Kier molecular flexibility index (Phi) is 10.1. The van der Waals surface area contributed by atoms with E-state index < -0.39 is 0 Å².